The maximum absolute atomic E-state index is 11.9. The van der Waals surface area contributed by atoms with Gasteiger partial charge in [0, 0.05) is 19.3 Å². The molecular formula is C13H21N3O3. The third kappa shape index (κ3) is 3.33. The molecular weight excluding hydrogens is 246 g/mol. The molecule has 6 nitrogen and oxygen atoms in total. The standard InChI is InChI=1S/C13H21N3O3/c1-4-13(5-2,12(18)19)9-14-11(17)10-7-15-16(6-3)8-10/h7-8H,4-6,9H2,1-3H3,(H,14,17)(H,18,19). The zero-order chi connectivity index (χ0) is 14.5. The van der Waals surface area contributed by atoms with Crippen molar-refractivity contribution in [2.24, 2.45) is 5.41 Å². The van der Waals surface area contributed by atoms with E-state index in [2.05, 4.69) is 10.4 Å². The van der Waals surface area contributed by atoms with Crippen molar-refractivity contribution in [1.82, 2.24) is 15.1 Å². The Hall–Kier alpha value is -1.85. The van der Waals surface area contributed by atoms with Gasteiger partial charge >= 0.3 is 5.97 Å². The summed E-state index contributed by atoms with van der Waals surface area (Å²) < 4.78 is 1.65. The summed E-state index contributed by atoms with van der Waals surface area (Å²) in [5.74, 6) is -1.16. The zero-order valence-corrected chi connectivity index (χ0v) is 11.6. The minimum Gasteiger partial charge on any atom is -0.481 e. The van der Waals surface area contributed by atoms with Gasteiger partial charge in [-0.25, -0.2) is 0 Å². The Bertz CT molecular complexity index is 450. The van der Waals surface area contributed by atoms with Crippen molar-refractivity contribution in [3.05, 3.63) is 18.0 Å². The Morgan fingerprint density at radius 1 is 1.37 bits per heavy atom. The van der Waals surface area contributed by atoms with Crippen LogP contribution in [-0.4, -0.2) is 33.3 Å². The van der Waals surface area contributed by atoms with Crippen LogP contribution in [0.5, 0.6) is 0 Å². The van der Waals surface area contributed by atoms with E-state index in [0.717, 1.165) is 0 Å². The summed E-state index contributed by atoms with van der Waals surface area (Å²) in [6.07, 6.45) is 4.09. The molecule has 1 rings (SSSR count). The van der Waals surface area contributed by atoms with E-state index in [1.165, 1.54) is 6.20 Å². The van der Waals surface area contributed by atoms with E-state index in [0.29, 0.717) is 24.9 Å². The van der Waals surface area contributed by atoms with E-state index in [1.807, 2.05) is 20.8 Å². The van der Waals surface area contributed by atoms with Crippen LogP contribution in [0.3, 0.4) is 0 Å². The van der Waals surface area contributed by atoms with E-state index in [4.69, 9.17) is 0 Å². The van der Waals surface area contributed by atoms with Crippen LogP contribution in [0.25, 0.3) is 0 Å². The van der Waals surface area contributed by atoms with Crippen LogP contribution in [0.1, 0.15) is 44.0 Å². The first-order valence-electron chi connectivity index (χ1n) is 6.53. The van der Waals surface area contributed by atoms with Crippen molar-refractivity contribution in [1.29, 1.82) is 0 Å². The number of hydrogen-bond donors (Lipinski definition) is 2. The van der Waals surface area contributed by atoms with Gasteiger partial charge < -0.3 is 10.4 Å². The Kier molecular flexibility index (Phi) is 5.09. The molecule has 0 saturated heterocycles. The van der Waals surface area contributed by atoms with E-state index < -0.39 is 11.4 Å². The van der Waals surface area contributed by atoms with Gasteiger partial charge in [0.15, 0.2) is 0 Å². The molecule has 1 amide bonds. The summed E-state index contributed by atoms with van der Waals surface area (Å²) in [4.78, 5) is 23.2. The quantitative estimate of drug-likeness (QED) is 0.784. The second-order valence-corrected chi connectivity index (χ2v) is 4.56. The molecule has 2 N–H and O–H groups in total. The molecule has 0 radical (unpaired) electrons. The van der Waals surface area contributed by atoms with Gasteiger partial charge in [0.05, 0.1) is 17.2 Å². The monoisotopic (exact) mass is 267 g/mol. The number of amides is 1. The topological polar surface area (TPSA) is 84.2 Å². The van der Waals surface area contributed by atoms with Gasteiger partial charge in [-0.1, -0.05) is 13.8 Å². The molecule has 0 bridgehead atoms. The van der Waals surface area contributed by atoms with E-state index in [-0.39, 0.29) is 12.5 Å². The highest BCUT2D eigenvalue weighted by Crippen LogP contribution is 2.25. The van der Waals surface area contributed by atoms with Crippen LogP contribution in [0.2, 0.25) is 0 Å². The summed E-state index contributed by atoms with van der Waals surface area (Å²) >= 11 is 0. The molecule has 0 atom stereocenters. The molecule has 0 fully saturated rings. The van der Waals surface area contributed by atoms with Crippen LogP contribution in [0.4, 0.5) is 0 Å². The number of carbonyl (C=O) groups excluding carboxylic acids is 1. The normalized spacial score (nSPS) is 11.3. The fourth-order valence-electron chi connectivity index (χ4n) is 1.88. The van der Waals surface area contributed by atoms with Crippen LogP contribution in [-0.2, 0) is 11.3 Å². The number of carboxylic acids is 1. The summed E-state index contributed by atoms with van der Waals surface area (Å²) in [7, 11) is 0. The SMILES string of the molecule is CCn1cc(C(=O)NCC(CC)(CC)C(=O)O)cn1. The average Bonchev–Trinajstić information content (AvgIpc) is 2.88. The van der Waals surface area contributed by atoms with E-state index in [1.54, 1.807) is 10.9 Å². The molecule has 0 aliphatic rings. The zero-order valence-electron chi connectivity index (χ0n) is 11.6. The second kappa shape index (κ2) is 6.36. The third-order valence-corrected chi connectivity index (χ3v) is 3.61. The van der Waals surface area contributed by atoms with Crippen LogP contribution in [0.15, 0.2) is 12.4 Å². The van der Waals surface area contributed by atoms with Crippen molar-refractivity contribution in [2.75, 3.05) is 6.54 Å². The number of aromatic nitrogens is 2. The van der Waals surface area contributed by atoms with Gasteiger partial charge in [-0.3, -0.25) is 14.3 Å². The van der Waals surface area contributed by atoms with Crippen molar-refractivity contribution < 1.29 is 14.7 Å². The van der Waals surface area contributed by atoms with Crippen LogP contribution in [0, 0.1) is 5.41 Å². The molecule has 0 aliphatic carbocycles. The van der Waals surface area contributed by atoms with Crippen molar-refractivity contribution >= 4 is 11.9 Å². The Labute approximate surface area is 112 Å². The lowest BCUT2D eigenvalue weighted by atomic mass is 9.82. The number of nitrogens with one attached hydrogen (secondary N) is 1. The molecule has 106 valence electrons. The number of aryl methyl sites for hydroxylation is 1. The molecule has 1 aromatic heterocycles. The number of hydrogen-bond acceptors (Lipinski definition) is 3. The van der Waals surface area contributed by atoms with E-state index >= 15 is 0 Å². The smallest absolute Gasteiger partial charge is 0.311 e. The Morgan fingerprint density at radius 2 is 2.00 bits per heavy atom. The molecule has 0 unspecified atom stereocenters. The lowest BCUT2D eigenvalue weighted by molar-refractivity contribution is -0.149. The maximum Gasteiger partial charge on any atom is 0.311 e. The van der Waals surface area contributed by atoms with Crippen molar-refractivity contribution in [3.63, 3.8) is 0 Å². The summed E-state index contributed by atoms with van der Waals surface area (Å²) in [5, 5.41) is 16.0. The summed E-state index contributed by atoms with van der Waals surface area (Å²) in [6, 6.07) is 0. The fourth-order valence-corrected chi connectivity index (χ4v) is 1.88. The summed E-state index contributed by atoms with van der Waals surface area (Å²) in [5.41, 5.74) is -0.440. The molecule has 0 aliphatic heterocycles. The molecule has 1 aromatic rings. The number of carbonyl (C=O) groups is 2. The maximum atomic E-state index is 11.9. The first-order valence-corrected chi connectivity index (χ1v) is 6.53. The fraction of sp³-hybridized carbons (Fsp3) is 0.615. The van der Waals surface area contributed by atoms with Gasteiger partial charge in [0.1, 0.15) is 0 Å². The Morgan fingerprint density at radius 3 is 2.42 bits per heavy atom. The van der Waals surface area contributed by atoms with Gasteiger partial charge in [-0.15, -0.1) is 0 Å². The number of aliphatic carboxylic acids is 1. The highest BCUT2D eigenvalue weighted by Gasteiger charge is 2.35. The molecule has 0 aromatic carbocycles. The van der Waals surface area contributed by atoms with E-state index in [9.17, 15) is 14.7 Å². The molecule has 1 heterocycles. The molecule has 0 spiro atoms. The predicted molar refractivity (Wildman–Crippen MR) is 70.9 cm³/mol. The first kappa shape index (κ1) is 15.2. The van der Waals surface area contributed by atoms with Crippen molar-refractivity contribution in [3.8, 4) is 0 Å². The van der Waals surface area contributed by atoms with Gasteiger partial charge in [-0.2, -0.15) is 5.10 Å². The van der Waals surface area contributed by atoms with Gasteiger partial charge in [0.25, 0.3) is 5.91 Å². The average molecular weight is 267 g/mol. The van der Waals surface area contributed by atoms with Crippen molar-refractivity contribution in [2.45, 2.75) is 40.2 Å². The molecule has 0 saturated carbocycles. The largest absolute Gasteiger partial charge is 0.481 e. The third-order valence-electron chi connectivity index (χ3n) is 3.61. The predicted octanol–water partition coefficient (Wildman–Crippen LogP) is 1.52. The number of rotatable bonds is 7. The number of carboxylic acid groups (broad SMARTS) is 1. The van der Waals surface area contributed by atoms with Gasteiger partial charge in [0.2, 0.25) is 0 Å². The lowest BCUT2D eigenvalue weighted by Crippen LogP contribution is -2.42. The van der Waals surface area contributed by atoms with Gasteiger partial charge in [-0.05, 0) is 19.8 Å². The Balaban J connectivity index is 2.69. The highest BCUT2D eigenvalue weighted by atomic mass is 16.4. The highest BCUT2D eigenvalue weighted by molar-refractivity contribution is 5.94. The lowest BCUT2D eigenvalue weighted by Gasteiger charge is -2.26. The second-order valence-electron chi connectivity index (χ2n) is 4.56. The minimum absolute atomic E-state index is 0.130. The first-order chi connectivity index (χ1) is 8.99. The van der Waals surface area contributed by atoms with Crippen LogP contribution < -0.4 is 5.32 Å². The molecule has 19 heavy (non-hydrogen) atoms. The minimum atomic E-state index is -0.892. The van der Waals surface area contributed by atoms with Crippen LogP contribution >= 0.6 is 0 Å². The molecule has 6 heteroatoms. The summed E-state index contributed by atoms with van der Waals surface area (Å²) in [6.45, 7) is 6.39. The number of nitrogens with zero attached hydrogens (tertiary/aromatic N) is 2.